The van der Waals surface area contributed by atoms with Gasteiger partial charge in [0.15, 0.2) is 0 Å². The Morgan fingerprint density at radius 3 is 2.74 bits per heavy atom. The van der Waals surface area contributed by atoms with E-state index in [1.165, 1.54) is 5.69 Å². The summed E-state index contributed by atoms with van der Waals surface area (Å²) >= 11 is 6.62. The van der Waals surface area contributed by atoms with E-state index in [2.05, 4.69) is 4.57 Å². The average Bonchev–Trinajstić information content (AvgIpc) is 3.03. The van der Waals surface area contributed by atoms with E-state index in [0.29, 0.717) is 18.2 Å². The third-order valence-electron chi connectivity index (χ3n) is 5.63. The van der Waals surface area contributed by atoms with Crippen LogP contribution in [0.15, 0.2) is 12.1 Å². The number of hydrogen-bond acceptors (Lipinski definition) is 3. The summed E-state index contributed by atoms with van der Waals surface area (Å²) in [4.78, 5) is 15.2. The summed E-state index contributed by atoms with van der Waals surface area (Å²) in [6, 6.07) is 3.78. The highest BCUT2D eigenvalue weighted by atomic mass is 35.5. The van der Waals surface area contributed by atoms with Gasteiger partial charge in [0, 0.05) is 37.3 Å². The number of ether oxygens (including phenoxy) is 1. The Hall–Kier alpha value is -1.66. The third-order valence-corrected chi connectivity index (χ3v) is 5.94. The molecule has 1 atom stereocenters. The molecule has 0 saturated heterocycles. The van der Waals surface area contributed by atoms with Crippen LogP contribution in [0.25, 0.3) is 10.9 Å². The molecule has 0 fully saturated rings. The van der Waals surface area contributed by atoms with Crippen LogP contribution in [0, 0.1) is 0 Å². The van der Waals surface area contributed by atoms with Crippen LogP contribution in [0.2, 0.25) is 5.02 Å². The molecular formula is C20H28BClN2O3. The third kappa shape index (κ3) is 3.45. The van der Waals surface area contributed by atoms with Crippen molar-refractivity contribution >= 4 is 36.5 Å². The zero-order valence-electron chi connectivity index (χ0n) is 16.7. The van der Waals surface area contributed by atoms with Crippen LogP contribution < -0.4 is 4.74 Å². The van der Waals surface area contributed by atoms with Crippen LogP contribution in [0.4, 0.5) is 0 Å². The maximum Gasteiger partial charge on any atom is 0.257 e. The number of halogens is 1. The molecule has 0 radical (unpaired) electrons. The normalized spacial score (nSPS) is 16.4. The Balaban J connectivity index is 2.26. The van der Waals surface area contributed by atoms with Gasteiger partial charge in [-0.15, -0.1) is 0 Å². The van der Waals surface area contributed by atoms with Gasteiger partial charge in [0.25, 0.3) is 8.05 Å². The van der Waals surface area contributed by atoms with Crippen LogP contribution in [-0.4, -0.2) is 50.2 Å². The molecule has 1 heterocycles. The lowest BCUT2D eigenvalue weighted by molar-refractivity contribution is -0.132. The van der Waals surface area contributed by atoms with E-state index in [0.717, 1.165) is 54.6 Å². The summed E-state index contributed by atoms with van der Waals surface area (Å²) in [5.74, 6) is 0.835. The number of fused-ring (bicyclic) bond motifs is 3. The number of rotatable bonds is 7. The molecule has 1 aliphatic carbocycles. The fourth-order valence-corrected chi connectivity index (χ4v) is 4.62. The van der Waals surface area contributed by atoms with E-state index in [-0.39, 0.29) is 11.8 Å². The van der Waals surface area contributed by atoms with Crippen LogP contribution in [0.1, 0.15) is 43.9 Å². The number of benzene rings is 1. The number of methoxy groups -OCH3 is 1. The SMILES string of the molecule is BOCCn1c2c(c3c(OC)ccc(Cl)c31)C(C(=O)N(CC)CC)CCC2. The second kappa shape index (κ2) is 8.57. The van der Waals surface area contributed by atoms with E-state index < -0.39 is 0 Å². The van der Waals surface area contributed by atoms with Crippen molar-refractivity contribution in [2.75, 3.05) is 26.8 Å². The quantitative estimate of drug-likeness (QED) is 0.682. The monoisotopic (exact) mass is 390 g/mol. The predicted octanol–water partition coefficient (Wildman–Crippen LogP) is 3.16. The number of amides is 1. The minimum atomic E-state index is -0.146. The van der Waals surface area contributed by atoms with Crippen molar-refractivity contribution in [3.63, 3.8) is 0 Å². The second-order valence-electron chi connectivity index (χ2n) is 6.93. The summed E-state index contributed by atoms with van der Waals surface area (Å²) in [5, 5.41) is 1.67. The molecule has 1 aromatic carbocycles. The molecule has 7 heteroatoms. The number of aromatic nitrogens is 1. The lowest BCUT2D eigenvalue weighted by atomic mass is 9.84. The van der Waals surface area contributed by atoms with Crippen molar-refractivity contribution in [1.29, 1.82) is 0 Å². The highest BCUT2D eigenvalue weighted by molar-refractivity contribution is 6.35. The van der Waals surface area contributed by atoms with Gasteiger partial charge < -0.3 is 18.9 Å². The van der Waals surface area contributed by atoms with Crippen molar-refractivity contribution in [2.24, 2.45) is 0 Å². The summed E-state index contributed by atoms with van der Waals surface area (Å²) in [7, 11) is 3.37. The van der Waals surface area contributed by atoms with Gasteiger partial charge in [-0.25, -0.2) is 0 Å². The molecule has 1 unspecified atom stereocenters. The van der Waals surface area contributed by atoms with Crippen molar-refractivity contribution < 1.29 is 14.2 Å². The first-order valence-electron chi connectivity index (χ1n) is 9.74. The van der Waals surface area contributed by atoms with Gasteiger partial charge in [-0.2, -0.15) is 0 Å². The molecule has 27 heavy (non-hydrogen) atoms. The first kappa shape index (κ1) is 20.1. The van der Waals surface area contributed by atoms with E-state index in [1.807, 2.05) is 30.9 Å². The van der Waals surface area contributed by atoms with Crippen molar-refractivity contribution in [2.45, 2.75) is 45.6 Å². The van der Waals surface area contributed by atoms with Gasteiger partial charge in [-0.3, -0.25) is 4.79 Å². The minimum Gasteiger partial charge on any atom is -0.496 e. The average molecular weight is 391 g/mol. The first-order chi connectivity index (χ1) is 13.1. The van der Waals surface area contributed by atoms with E-state index >= 15 is 0 Å². The van der Waals surface area contributed by atoms with Crippen LogP contribution in [0.3, 0.4) is 0 Å². The highest BCUT2D eigenvalue weighted by Crippen LogP contribution is 2.45. The molecule has 1 amide bonds. The Bertz CT molecular complexity index is 832. The van der Waals surface area contributed by atoms with Gasteiger partial charge in [-0.1, -0.05) is 11.6 Å². The largest absolute Gasteiger partial charge is 0.496 e. The lowest BCUT2D eigenvalue weighted by Crippen LogP contribution is -2.36. The molecule has 0 bridgehead atoms. The van der Waals surface area contributed by atoms with Crippen molar-refractivity contribution in [1.82, 2.24) is 9.47 Å². The summed E-state index contributed by atoms with van der Waals surface area (Å²) in [6.07, 6.45) is 2.80. The Morgan fingerprint density at radius 1 is 1.37 bits per heavy atom. The predicted molar refractivity (Wildman–Crippen MR) is 112 cm³/mol. The van der Waals surface area contributed by atoms with Crippen LogP contribution in [0.5, 0.6) is 5.75 Å². The number of hydrogen-bond donors (Lipinski definition) is 0. The summed E-state index contributed by atoms with van der Waals surface area (Å²) in [6.45, 7) is 6.82. The van der Waals surface area contributed by atoms with Crippen LogP contribution in [-0.2, 0) is 22.4 Å². The number of carbonyl (C=O) groups excluding carboxylic acids is 1. The zero-order valence-corrected chi connectivity index (χ0v) is 17.4. The fourth-order valence-electron chi connectivity index (χ4n) is 4.36. The molecule has 0 N–H and O–H groups in total. The molecule has 1 aromatic heterocycles. The molecule has 0 saturated carbocycles. The van der Waals surface area contributed by atoms with Crippen molar-refractivity contribution in [3.8, 4) is 5.75 Å². The smallest absolute Gasteiger partial charge is 0.257 e. The Labute approximate surface area is 167 Å². The fraction of sp³-hybridized carbons (Fsp3) is 0.550. The molecule has 3 rings (SSSR count). The topological polar surface area (TPSA) is 43.7 Å². The maximum atomic E-state index is 13.3. The number of likely N-dealkylation sites (N-methyl/N-ethyl adjacent to an activating group) is 1. The second-order valence-corrected chi connectivity index (χ2v) is 7.34. The van der Waals surface area contributed by atoms with Crippen molar-refractivity contribution in [3.05, 3.63) is 28.4 Å². The molecule has 0 aliphatic heterocycles. The molecule has 1 aliphatic rings. The van der Waals surface area contributed by atoms with E-state index in [1.54, 1.807) is 15.2 Å². The van der Waals surface area contributed by atoms with Gasteiger partial charge >= 0.3 is 0 Å². The van der Waals surface area contributed by atoms with Crippen LogP contribution >= 0.6 is 11.6 Å². The van der Waals surface area contributed by atoms with E-state index in [9.17, 15) is 4.79 Å². The van der Waals surface area contributed by atoms with Gasteiger partial charge in [-0.05, 0) is 50.8 Å². The number of carbonyl (C=O) groups is 1. The summed E-state index contributed by atoms with van der Waals surface area (Å²) < 4.78 is 13.2. The zero-order chi connectivity index (χ0) is 19.6. The molecule has 146 valence electrons. The van der Waals surface area contributed by atoms with E-state index in [4.69, 9.17) is 21.0 Å². The molecule has 0 spiro atoms. The standard InChI is InChI=1S/C20H28BClN2O3/c1-4-23(5-2)20(25)13-7-6-8-15-17(13)18-16(26-3)10-9-14(22)19(18)24(15)11-12-27-21/h9-10,13H,4-8,11-12,21H2,1-3H3. The Morgan fingerprint density at radius 2 is 2.11 bits per heavy atom. The Kier molecular flexibility index (Phi) is 6.38. The number of nitrogens with zero attached hydrogens (tertiary/aromatic N) is 2. The highest BCUT2D eigenvalue weighted by Gasteiger charge is 2.35. The summed E-state index contributed by atoms with van der Waals surface area (Å²) in [5.41, 5.74) is 3.26. The maximum absolute atomic E-state index is 13.3. The molecule has 5 nitrogen and oxygen atoms in total. The molecular weight excluding hydrogens is 362 g/mol. The van der Waals surface area contributed by atoms with Gasteiger partial charge in [0.05, 0.1) is 23.6 Å². The lowest BCUT2D eigenvalue weighted by Gasteiger charge is -2.29. The first-order valence-corrected chi connectivity index (χ1v) is 10.1. The van der Waals surface area contributed by atoms with Gasteiger partial charge in [0.1, 0.15) is 5.75 Å². The van der Waals surface area contributed by atoms with Gasteiger partial charge in [0.2, 0.25) is 5.91 Å². The minimum absolute atomic E-state index is 0.146. The molecule has 2 aromatic rings.